The first-order valence-electron chi connectivity index (χ1n) is 13.6. The number of rotatable bonds is 8. The summed E-state index contributed by atoms with van der Waals surface area (Å²) in [6, 6.07) is 9.91. The number of aromatic nitrogens is 2. The van der Waals surface area contributed by atoms with Gasteiger partial charge in [-0.25, -0.2) is 4.98 Å². The summed E-state index contributed by atoms with van der Waals surface area (Å²) < 4.78 is 0. The summed E-state index contributed by atoms with van der Waals surface area (Å²) in [5.41, 5.74) is 3.25. The highest BCUT2D eigenvalue weighted by atomic mass is 35.5. The number of fused-ring (bicyclic) bond motifs is 1. The van der Waals surface area contributed by atoms with Crippen molar-refractivity contribution in [2.24, 2.45) is 5.92 Å². The summed E-state index contributed by atoms with van der Waals surface area (Å²) >= 11 is 6.15. The van der Waals surface area contributed by atoms with E-state index in [-0.39, 0.29) is 36.7 Å². The molecule has 0 saturated carbocycles. The van der Waals surface area contributed by atoms with Crippen molar-refractivity contribution in [3.8, 4) is 0 Å². The number of amides is 3. The van der Waals surface area contributed by atoms with Gasteiger partial charge in [-0.1, -0.05) is 11.6 Å². The largest absolute Gasteiger partial charge is 0.396 e. The van der Waals surface area contributed by atoms with Crippen LogP contribution in [0.2, 0.25) is 5.02 Å². The molecule has 0 bridgehead atoms. The number of aliphatic hydroxyl groups excluding tert-OH is 1. The van der Waals surface area contributed by atoms with E-state index in [0.29, 0.717) is 47.0 Å². The fraction of sp³-hybridized carbons (Fsp3) is 0.448. The summed E-state index contributed by atoms with van der Waals surface area (Å²) in [5.74, 6) is 0.342. The Morgan fingerprint density at radius 2 is 1.92 bits per heavy atom. The van der Waals surface area contributed by atoms with Crippen molar-refractivity contribution in [3.63, 3.8) is 0 Å². The fourth-order valence-corrected chi connectivity index (χ4v) is 5.63. The fourth-order valence-electron chi connectivity index (χ4n) is 5.45. The number of imidazole rings is 1. The van der Waals surface area contributed by atoms with Gasteiger partial charge in [-0.05, 0) is 74.6 Å². The number of carbonyl (C=O) groups is 3. The number of nitrogens with zero attached hydrogens (tertiary/aromatic N) is 3. The number of aliphatic hydroxyl groups is 1. The summed E-state index contributed by atoms with van der Waals surface area (Å²) in [7, 11) is 0. The minimum absolute atomic E-state index is 0.000340. The highest BCUT2D eigenvalue weighted by Gasteiger charge is 2.28. The Hall–Kier alpha value is -3.43. The quantitative estimate of drug-likeness (QED) is 0.393. The first-order chi connectivity index (χ1) is 18.8. The van der Waals surface area contributed by atoms with E-state index in [1.165, 1.54) is 0 Å². The number of aryl methyl sites for hydroxylation is 1. The number of likely N-dealkylation sites (tertiary alicyclic amines) is 2. The Kier molecular flexibility index (Phi) is 8.18. The molecule has 2 saturated heterocycles. The number of aromatic amines is 1. The van der Waals surface area contributed by atoms with Gasteiger partial charge in [0.05, 0.1) is 17.1 Å². The van der Waals surface area contributed by atoms with Crippen molar-refractivity contribution < 1.29 is 19.5 Å². The first-order valence-corrected chi connectivity index (χ1v) is 13.9. The number of hydrogen-bond acceptors (Lipinski definition) is 5. The van der Waals surface area contributed by atoms with E-state index in [1.807, 2.05) is 11.8 Å². The molecule has 1 aromatic heterocycles. The van der Waals surface area contributed by atoms with Crippen LogP contribution in [0.15, 0.2) is 36.4 Å². The molecule has 2 unspecified atom stereocenters. The summed E-state index contributed by atoms with van der Waals surface area (Å²) in [4.78, 5) is 50.7. The molecule has 2 aliphatic heterocycles. The maximum Gasteiger partial charge on any atom is 0.254 e. The van der Waals surface area contributed by atoms with Crippen molar-refractivity contribution in [2.75, 3.05) is 32.8 Å². The molecule has 2 aliphatic rings. The normalized spacial score (nSPS) is 18.1. The Balaban J connectivity index is 1.33. The molecule has 0 spiro atoms. The molecule has 206 valence electrons. The molecule has 9 nitrogen and oxygen atoms in total. The lowest BCUT2D eigenvalue weighted by atomic mass is 10.0. The number of halogens is 1. The molecule has 5 rings (SSSR count). The van der Waals surface area contributed by atoms with Gasteiger partial charge in [-0.3, -0.25) is 14.4 Å². The Bertz CT molecular complexity index is 1380. The van der Waals surface area contributed by atoms with Gasteiger partial charge < -0.3 is 25.2 Å². The number of nitrogens with one attached hydrogen (secondary N) is 2. The van der Waals surface area contributed by atoms with Crippen LogP contribution >= 0.6 is 11.6 Å². The minimum atomic E-state index is -0.546. The third kappa shape index (κ3) is 6.09. The highest BCUT2D eigenvalue weighted by Crippen LogP contribution is 2.25. The maximum absolute atomic E-state index is 13.4. The van der Waals surface area contributed by atoms with E-state index in [1.54, 1.807) is 41.3 Å². The smallest absolute Gasteiger partial charge is 0.254 e. The van der Waals surface area contributed by atoms with Crippen LogP contribution in [0.25, 0.3) is 11.0 Å². The zero-order valence-electron chi connectivity index (χ0n) is 22.1. The molecule has 3 aromatic rings. The average Bonchev–Trinajstić information content (AvgIpc) is 3.70. The van der Waals surface area contributed by atoms with Crippen LogP contribution in [0.1, 0.15) is 70.2 Å². The maximum atomic E-state index is 13.4. The number of hydrogen-bond donors (Lipinski definition) is 3. The van der Waals surface area contributed by atoms with Gasteiger partial charge >= 0.3 is 0 Å². The lowest BCUT2D eigenvalue weighted by Crippen LogP contribution is -2.33. The molecule has 2 aromatic carbocycles. The van der Waals surface area contributed by atoms with Crippen LogP contribution < -0.4 is 5.32 Å². The Morgan fingerprint density at radius 3 is 2.64 bits per heavy atom. The number of H-pyrrole nitrogens is 1. The summed E-state index contributed by atoms with van der Waals surface area (Å²) in [5, 5.41) is 13.0. The second kappa shape index (κ2) is 11.8. The van der Waals surface area contributed by atoms with E-state index in [9.17, 15) is 19.5 Å². The molecule has 10 heteroatoms. The topological polar surface area (TPSA) is 119 Å². The lowest BCUT2D eigenvalue weighted by Gasteiger charge is -2.20. The molecule has 3 heterocycles. The predicted octanol–water partition coefficient (Wildman–Crippen LogP) is 3.85. The van der Waals surface area contributed by atoms with Crippen molar-refractivity contribution in [1.29, 1.82) is 0 Å². The molecule has 2 atom stereocenters. The van der Waals surface area contributed by atoms with Crippen molar-refractivity contribution in [1.82, 2.24) is 25.1 Å². The lowest BCUT2D eigenvalue weighted by molar-refractivity contribution is -0.130. The van der Waals surface area contributed by atoms with E-state index < -0.39 is 6.04 Å². The van der Waals surface area contributed by atoms with Crippen LogP contribution in [0.3, 0.4) is 0 Å². The van der Waals surface area contributed by atoms with Crippen molar-refractivity contribution >= 4 is 40.4 Å². The number of carbonyl (C=O) groups excluding carboxylic acids is 3. The van der Waals surface area contributed by atoms with Gasteiger partial charge in [0.1, 0.15) is 5.82 Å². The van der Waals surface area contributed by atoms with Crippen molar-refractivity contribution in [3.05, 3.63) is 63.9 Å². The molecule has 0 radical (unpaired) electrons. The molecule has 2 fully saturated rings. The Labute approximate surface area is 232 Å². The summed E-state index contributed by atoms with van der Waals surface area (Å²) in [6.45, 7) is 4.63. The predicted molar refractivity (Wildman–Crippen MR) is 149 cm³/mol. The molecule has 3 N–H and O–H groups in total. The second-order valence-corrected chi connectivity index (χ2v) is 11.0. The first kappa shape index (κ1) is 27.1. The van der Waals surface area contributed by atoms with Crippen LogP contribution in [0.4, 0.5) is 0 Å². The molecule has 0 aliphatic carbocycles. The monoisotopic (exact) mass is 551 g/mol. The van der Waals surface area contributed by atoms with E-state index in [4.69, 9.17) is 11.6 Å². The van der Waals surface area contributed by atoms with E-state index in [0.717, 1.165) is 43.4 Å². The minimum Gasteiger partial charge on any atom is -0.396 e. The average molecular weight is 552 g/mol. The van der Waals surface area contributed by atoms with Crippen molar-refractivity contribution in [2.45, 2.75) is 45.1 Å². The molecule has 3 amide bonds. The molecular formula is C29H34ClN5O4. The van der Waals surface area contributed by atoms with Gasteiger partial charge in [-0.2, -0.15) is 0 Å². The summed E-state index contributed by atoms with van der Waals surface area (Å²) in [6.07, 6.45) is 3.40. The SMILES string of the molecule is Cc1cc(C(=O)NC(CCC(=O)N2CCC(CO)C2)c2nc3ccc(Cl)cc3[nH]2)ccc1C(=O)N1CCCC1. The van der Waals surface area contributed by atoms with Gasteiger partial charge in [0, 0.05) is 61.3 Å². The molecule has 39 heavy (non-hydrogen) atoms. The number of benzene rings is 2. The molecular weight excluding hydrogens is 518 g/mol. The van der Waals surface area contributed by atoms with Crippen LogP contribution in [0, 0.1) is 12.8 Å². The second-order valence-electron chi connectivity index (χ2n) is 10.6. The standard InChI is InChI=1S/C29H34ClN5O4/c1-18-14-20(4-6-22(18)29(39)34-11-2-3-12-34)28(38)33-24(8-9-26(37)35-13-10-19(16-35)17-36)27-31-23-7-5-21(30)15-25(23)32-27/h4-7,14-15,19,24,36H,2-3,8-13,16-17H2,1H3,(H,31,32)(H,33,38). The van der Waals surface area contributed by atoms with Crippen LogP contribution in [0.5, 0.6) is 0 Å². The van der Waals surface area contributed by atoms with Crippen LogP contribution in [-0.2, 0) is 4.79 Å². The van der Waals surface area contributed by atoms with Gasteiger partial charge in [0.15, 0.2) is 0 Å². The zero-order valence-corrected chi connectivity index (χ0v) is 22.8. The Morgan fingerprint density at radius 1 is 1.13 bits per heavy atom. The van der Waals surface area contributed by atoms with Gasteiger partial charge in [0.25, 0.3) is 11.8 Å². The van der Waals surface area contributed by atoms with Gasteiger partial charge in [-0.15, -0.1) is 0 Å². The zero-order chi connectivity index (χ0) is 27.5. The van der Waals surface area contributed by atoms with Crippen LogP contribution in [-0.4, -0.2) is 75.4 Å². The highest BCUT2D eigenvalue weighted by molar-refractivity contribution is 6.31. The van der Waals surface area contributed by atoms with E-state index in [2.05, 4.69) is 15.3 Å². The third-order valence-electron chi connectivity index (χ3n) is 7.75. The van der Waals surface area contributed by atoms with E-state index >= 15 is 0 Å². The third-order valence-corrected chi connectivity index (χ3v) is 7.99. The van der Waals surface area contributed by atoms with Gasteiger partial charge in [0.2, 0.25) is 5.91 Å².